The number of nitrogens with two attached hydrogens (primary N) is 1. The molecule has 1 rings (SSSR count). The van der Waals surface area contributed by atoms with E-state index in [2.05, 4.69) is 15.9 Å². The van der Waals surface area contributed by atoms with Gasteiger partial charge in [0.05, 0.1) is 17.6 Å². The third-order valence-corrected chi connectivity index (χ3v) is 5.34. The molecule has 0 aliphatic rings. The van der Waals surface area contributed by atoms with Gasteiger partial charge in [-0.2, -0.15) is 4.31 Å². The molecule has 0 spiro atoms. The van der Waals surface area contributed by atoms with E-state index in [0.717, 1.165) is 0 Å². The minimum absolute atomic E-state index is 0.0827. The molecule has 0 atom stereocenters. The Hall–Kier alpha value is -0.630. The molecule has 0 radical (unpaired) electrons. The first-order valence-electron chi connectivity index (χ1n) is 5.88. The molecule has 7 heteroatoms. The Bertz CT molecular complexity index is 532. The molecule has 0 aliphatic carbocycles. The number of ether oxygens (including phenoxy) is 1. The van der Waals surface area contributed by atoms with Gasteiger partial charge in [-0.25, -0.2) is 8.42 Å². The van der Waals surface area contributed by atoms with Crippen molar-refractivity contribution in [3.8, 4) is 0 Å². The zero-order valence-electron chi connectivity index (χ0n) is 11.3. The average Bonchev–Trinajstić information content (AvgIpc) is 2.27. The predicted molar refractivity (Wildman–Crippen MR) is 79.5 cm³/mol. The molecule has 0 amide bonds. The van der Waals surface area contributed by atoms with Gasteiger partial charge in [0.25, 0.3) is 0 Å². The number of halogens is 1. The number of likely N-dealkylation sites (N-methyl/N-ethyl adjacent to an activating group) is 1. The monoisotopic (exact) mass is 350 g/mol. The lowest BCUT2D eigenvalue weighted by Crippen LogP contribution is -2.31. The van der Waals surface area contributed by atoms with E-state index in [1.54, 1.807) is 12.1 Å². The van der Waals surface area contributed by atoms with Crippen LogP contribution in [0.3, 0.4) is 0 Å². The third-order valence-electron chi connectivity index (χ3n) is 2.50. The highest BCUT2D eigenvalue weighted by atomic mass is 79.9. The molecule has 0 aliphatic heterocycles. The molecule has 0 heterocycles. The molecule has 0 saturated carbocycles. The summed E-state index contributed by atoms with van der Waals surface area (Å²) in [4.78, 5) is 0.203. The normalized spacial score (nSPS) is 12.3. The van der Waals surface area contributed by atoms with Gasteiger partial charge in [-0.1, -0.05) is 0 Å². The van der Waals surface area contributed by atoms with Crippen LogP contribution in [-0.4, -0.2) is 39.0 Å². The number of nitrogens with zero attached hydrogens (tertiary/aromatic N) is 1. The molecule has 0 unspecified atom stereocenters. The summed E-state index contributed by atoms with van der Waals surface area (Å²) in [7, 11) is -2.00. The Kier molecular flexibility index (Phi) is 5.79. The zero-order chi connectivity index (χ0) is 14.6. The van der Waals surface area contributed by atoms with E-state index >= 15 is 0 Å². The number of sulfonamides is 1. The second kappa shape index (κ2) is 6.69. The third kappa shape index (κ3) is 4.45. The van der Waals surface area contributed by atoms with E-state index < -0.39 is 10.0 Å². The lowest BCUT2D eigenvalue weighted by atomic mass is 10.3. The van der Waals surface area contributed by atoms with E-state index in [1.807, 2.05) is 13.8 Å². The highest BCUT2D eigenvalue weighted by Gasteiger charge is 2.23. The Balaban J connectivity index is 2.85. The van der Waals surface area contributed by atoms with E-state index in [-0.39, 0.29) is 11.0 Å². The van der Waals surface area contributed by atoms with Crippen LogP contribution in [-0.2, 0) is 14.8 Å². The molecule has 0 aromatic heterocycles. The van der Waals surface area contributed by atoms with Gasteiger partial charge in [0.1, 0.15) is 0 Å². The van der Waals surface area contributed by atoms with Gasteiger partial charge in [0.15, 0.2) is 0 Å². The van der Waals surface area contributed by atoms with Gasteiger partial charge in [-0.05, 0) is 48.0 Å². The molecule has 0 saturated heterocycles. The van der Waals surface area contributed by atoms with Gasteiger partial charge in [0, 0.05) is 23.8 Å². The van der Waals surface area contributed by atoms with E-state index in [0.29, 0.717) is 23.3 Å². The number of benzene rings is 1. The summed E-state index contributed by atoms with van der Waals surface area (Å²) in [5, 5.41) is 0. The number of nitrogen functional groups attached to an aromatic ring is 1. The van der Waals surface area contributed by atoms with Crippen LogP contribution in [0.15, 0.2) is 27.6 Å². The zero-order valence-corrected chi connectivity index (χ0v) is 13.7. The maximum atomic E-state index is 12.3. The lowest BCUT2D eigenvalue weighted by molar-refractivity contribution is 0.0737. The summed E-state index contributed by atoms with van der Waals surface area (Å²) in [5.74, 6) is 0. The van der Waals surface area contributed by atoms with Crippen LogP contribution in [0.2, 0.25) is 0 Å². The predicted octanol–water partition coefficient (Wildman–Crippen LogP) is 2.08. The number of hydrogen-bond donors (Lipinski definition) is 1. The van der Waals surface area contributed by atoms with Crippen LogP contribution in [0.1, 0.15) is 13.8 Å². The second-order valence-electron chi connectivity index (χ2n) is 4.44. The van der Waals surface area contributed by atoms with Gasteiger partial charge in [0.2, 0.25) is 10.0 Å². The van der Waals surface area contributed by atoms with Crippen molar-refractivity contribution in [3.05, 3.63) is 22.7 Å². The fraction of sp³-hybridized carbons (Fsp3) is 0.500. The first kappa shape index (κ1) is 16.4. The Morgan fingerprint density at radius 3 is 2.58 bits per heavy atom. The fourth-order valence-corrected chi connectivity index (χ4v) is 3.64. The van der Waals surface area contributed by atoms with Crippen LogP contribution in [0.4, 0.5) is 5.69 Å². The summed E-state index contributed by atoms with van der Waals surface area (Å²) >= 11 is 3.23. The van der Waals surface area contributed by atoms with Crippen molar-refractivity contribution in [3.63, 3.8) is 0 Å². The lowest BCUT2D eigenvalue weighted by Gasteiger charge is -2.19. The molecule has 0 bridgehead atoms. The Morgan fingerprint density at radius 1 is 1.42 bits per heavy atom. The fourth-order valence-electron chi connectivity index (χ4n) is 1.43. The first-order chi connectivity index (χ1) is 8.75. The quantitative estimate of drug-likeness (QED) is 0.797. The molecular formula is C12H19BrN2O3S. The van der Waals surface area contributed by atoms with Gasteiger partial charge in [-0.3, -0.25) is 0 Å². The van der Waals surface area contributed by atoms with Crippen LogP contribution in [0, 0.1) is 0 Å². The minimum atomic E-state index is -3.53. The van der Waals surface area contributed by atoms with Crippen LogP contribution < -0.4 is 5.73 Å². The Labute approximate surface area is 122 Å². The topological polar surface area (TPSA) is 72.6 Å². The molecule has 19 heavy (non-hydrogen) atoms. The molecule has 5 nitrogen and oxygen atoms in total. The summed E-state index contributed by atoms with van der Waals surface area (Å²) in [6, 6.07) is 4.63. The SMILES string of the molecule is CC(C)OCCN(C)S(=O)(=O)c1ccc(N)cc1Br. The van der Waals surface area contributed by atoms with E-state index in [9.17, 15) is 8.42 Å². The Morgan fingerprint density at radius 2 is 2.05 bits per heavy atom. The maximum Gasteiger partial charge on any atom is 0.244 e. The smallest absolute Gasteiger partial charge is 0.244 e. The first-order valence-corrected chi connectivity index (χ1v) is 8.11. The van der Waals surface area contributed by atoms with Crippen molar-refractivity contribution >= 4 is 31.6 Å². The largest absolute Gasteiger partial charge is 0.399 e. The average molecular weight is 351 g/mol. The standard InChI is InChI=1S/C12H19BrN2O3S/c1-9(2)18-7-6-15(3)19(16,17)12-5-4-10(14)8-11(12)13/h4-5,8-9H,6-7,14H2,1-3H3. The number of rotatable bonds is 6. The van der Waals surface area contributed by atoms with Gasteiger partial charge in [-0.15, -0.1) is 0 Å². The molecule has 1 aromatic rings. The summed E-state index contributed by atoms with van der Waals surface area (Å²) in [5.41, 5.74) is 6.11. The van der Waals surface area contributed by atoms with Crippen LogP contribution in [0.25, 0.3) is 0 Å². The number of anilines is 1. The van der Waals surface area contributed by atoms with Crippen molar-refractivity contribution in [2.24, 2.45) is 0 Å². The van der Waals surface area contributed by atoms with Gasteiger partial charge >= 0.3 is 0 Å². The molecule has 2 N–H and O–H groups in total. The van der Waals surface area contributed by atoms with Crippen LogP contribution >= 0.6 is 15.9 Å². The van der Waals surface area contributed by atoms with E-state index in [1.165, 1.54) is 17.4 Å². The minimum Gasteiger partial charge on any atom is -0.399 e. The maximum absolute atomic E-state index is 12.3. The van der Waals surface area contributed by atoms with Crippen molar-refractivity contribution in [1.82, 2.24) is 4.31 Å². The van der Waals surface area contributed by atoms with E-state index in [4.69, 9.17) is 10.5 Å². The number of hydrogen-bond acceptors (Lipinski definition) is 4. The van der Waals surface area contributed by atoms with Crippen molar-refractivity contribution in [2.45, 2.75) is 24.8 Å². The van der Waals surface area contributed by atoms with Gasteiger partial charge < -0.3 is 10.5 Å². The van der Waals surface area contributed by atoms with Crippen molar-refractivity contribution < 1.29 is 13.2 Å². The highest BCUT2D eigenvalue weighted by molar-refractivity contribution is 9.10. The highest BCUT2D eigenvalue weighted by Crippen LogP contribution is 2.26. The van der Waals surface area contributed by atoms with Crippen molar-refractivity contribution in [2.75, 3.05) is 25.9 Å². The second-order valence-corrected chi connectivity index (χ2v) is 7.30. The van der Waals surface area contributed by atoms with Crippen LogP contribution in [0.5, 0.6) is 0 Å². The molecule has 0 fully saturated rings. The molecule has 108 valence electrons. The summed E-state index contributed by atoms with van der Waals surface area (Å²) < 4.78 is 31.8. The molecular weight excluding hydrogens is 332 g/mol. The summed E-state index contributed by atoms with van der Waals surface area (Å²) in [6.07, 6.45) is 0.0827. The van der Waals surface area contributed by atoms with Crippen molar-refractivity contribution in [1.29, 1.82) is 0 Å². The molecule has 1 aromatic carbocycles. The summed E-state index contributed by atoms with van der Waals surface area (Å²) in [6.45, 7) is 4.48.